The lowest BCUT2D eigenvalue weighted by Crippen LogP contribution is -2.57. The predicted molar refractivity (Wildman–Crippen MR) is 93.9 cm³/mol. The molecule has 0 heterocycles. The average Bonchev–Trinajstić information content (AvgIpc) is 2.73. The van der Waals surface area contributed by atoms with Gasteiger partial charge in [-0.05, 0) is 32.6 Å². The van der Waals surface area contributed by atoms with Crippen molar-refractivity contribution in [2.75, 3.05) is 0 Å². The van der Waals surface area contributed by atoms with Gasteiger partial charge in [0.1, 0.15) is 5.60 Å². The Balaban J connectivity index is 1.88. The van der Waals surface area contributed by atoms with Crippen LogP contribution in [0.1, 0.15) is 46.5 Å². The molecule has 0 aliphatic heterocycles. The molecule has 26 heavy (non-hydrogen) atoms. The quantitative estimate of drug-likeness (QED) is 0.333. The fourth-order valence-electron chi connectivity index (χ4n) is 7.28. The molecule has 0 aromatic heterocycles. The largest absolute Gasteiger partial charge is 0.392 e. The van der Waals surface area contributed by atoms with E-state index >= 15 is 0 Å². The molecular formula is C20H32O6. The van der Waals surface area contributed by atoms with Crippen LogP contribution >= 0.6 is 0 Å². The zero-order valence-corrected chi connectivity index (χ0v) is 15.8. The Hall–Kier alpha value is -0.500. The van der Waals surface area contributed by atoms with Crippen molar-refractivity contribution in [1.82, 2.24) is 0 Å². The molecule has 0 amide bonds. The van der Waals surface area contributed by atoms with E-state index in [2.05, 4.69) is 6.58 Å². The second kappa shape index (κ2) is 5.10. The van der Waals surface area contributed by atoms with Gasteiger partial charge in [0.2, 0.25) is 0 Å². The van der Waals surface area contributed by atoms with Crippen LogP contribution in [0, 0.1) is 28.6 Å². The number of hydrogen-bond acceptors (Lipinski definition) is 6. The number of hydrogen-bond donors (Lipinski definition) is 6. The molecule has 6 N–H and O–H groups in total. The van der Waals surface area contributed by atoms with Crippen LogP contribution in [-0.4, -0.2) is 66.3 Å². The van der Waals surface area contributed by atoms with Gasteiger partial charge in [0.05, 0.1) is 30.0 Å². The van der Waals surface area contributed by atoms with Crippen LogP contribution in [0.2, 0.25) is 0 Å². The highest BCUT2D eigenvalue weighted by molar-refractivity contribution is 5.33. The third-order valence-electron chi connectivity index (χ3n) is 8.74. The summed E-state index contributed by atoms with van der Waals surface area (Å²) in [5, 5.41) is 66.2. The molecule has 4 fully saturated rings. The van der Waals surface area contributed by atoms with E-state index in [-0.39, 0.29) is 25.7 Å². The normalized spacial score (nSPS) is 61.1. The summed E-state index contributed by atoms with van der Waals surface area (Å²) in [6, 6.07) is 0. The molecule has 0 aromatic rings. The van der Waals surface area contributed by atoms with E-state index in [0.29, 0.717) is 5.57 Å². The standard InChI is InChI=1S/C20H32O6/c1-9-10-6-13(22)17(2,3)20(10,26)14(23)7-19-8-18(4,25)11(16(19)24)5-12(21)15(9)19/h10-16,21-26H,1,5-8H2,2-4H3/t10-,11+,12+,13-,14+,15+,16+,18+,19-,20-/m0/s1. The van der Waals surface area contributed by atoms with Crippen molar-refractivity contribution >= 4 is 0 Å². The molecule has 10 atom stereocenters. The van der Waals surface area contributed by atoms with E-state index in [1.54, 1.807) is 20.8 Å². The van der Waals surface area contributed by atoms with Crippen molar-refractivity contribution in [3.8, 4) is 0 Å². The highest BCUT2D eigenvalue weighted by atomic mass is 16.4. The van der Waals surface area contributed by atoms with E-state index in [1.807, 2.05) is 0 Å². The van der Waals surface area contributed by atoms with Crippen LogP contribution < -0.4 is 0 Å². The van der Waals surface area contributed by atoms with Gasteiger partial charge < -0.3 is 30.6 Å². The van der Waals surface area contributed by atoms with Crippen LogP contribution in [0.15, 0.2) is 12.2 Å². The maximum absolute atomic E-state index is 11.6. The summed E-state index contributed by atoms with van der Waals surface area (Å²) in [5.41, 5.74) is -4.05. The van der Waals surface area contributed by atoms with Crippen molar-refractivity contribution in [2.45, 2.75) is 82.1 Å². The van der Waals surface area contributed by atoms with Gasteiger partial charge in [-0.1, -0.05) is 26.0 Å². The van der Waals surface area contributed by atoms with E-state index < -0.39 is 64.2 Å². The molecule has 1 spiro atoms. The first kappa shape index (κ1) is 18.8. The summed E-state index contributed by atoms with van der Waals surface area (Å²) >= 11 is 0. The summed E-state index contributed by atoms with van der Waals surface area (Å²) in [6.45, 7) is 9.34. The van der Waals surface area contributed by atoms with E-state index in [9.17, 15) is 30.6 Å². The summed E-state index contributed by atoms with van der Waals surface area (Å²) < 4.78 is 0. The van der Waals surface area contributed by atoms with Gasteiger partial charge in [0, 0.05) is 28.6 Å². The van der Waals surface area contributed by atoms with Crippen LogP contribution in [-0.2, 0) is 0 Å². The van der Waals surface area contributed by atoms with Crippen molar-refractivity contribution in [2.24, 2.45) is 28.6 Å². The third kappa shape index (κ3) is 1.88. The highest BCUT2D eigenvalue weighted by Gasteiger charge is 2.73. The molecule has 0 radical (unpaired) electrons. The second-order valence-electron chi connectivity index (χ2n) is 10.2. The maximum Gasteiger partial charge on any atom is 0.105 e. The molecule has 6 heteroatoms. The van der Waals surface area contributed by atoms with E-state index in [4.69, 9.17) is 0 Å². The fourth-order valence-corrected chi connectivity index (χ4v) is 7.28. The maximum atomic E-state index is 11.6. The lowest BCUT2D eigenvalue weighted by molar-refractivity contribution is -0.176. The van der Waals surface area contributed by atoms with Crippen LogP contribution in [0.5, 0.6) is 0 Å². The van der Waals surface area contributed by atoms with Gasteiger partial charge in [-0.2, -0.15) is 0 Å². The molecule has 0 unspecified atom stereocenters. The van der Waals surface area contributed by atoms with E-state index in [0.717, 1.165) is 0 Å². The van der Waals surface area contributed by atoms with Crippen LogP contribution in [0.4, 0.5) is 0 Å². The Kier molecular flexibility index (Phi) is 3.70. The fraction of sp³-hybridized carbons (Fsp3) is 0.900. The SMILES string of the molecule is C=C1[C@@H]2[C@H](O)C[C@@H]3[C@@H](O)[C@@]2(C[C@@H](O)[C@@]2(O)[C@H]1C[C@H](O)C2(C)C)C[C@@]3(C)O. The Morgan fingerprint density at radius 1 is 0.962 bits per heavy atom. The number of rotatable bonds is 0. The van der Waals surface area contributed by atoms with Gasteiger partial charge in [0.15, 0.2) is 0 Å². The Morgan fingerprint density at radius 2 is 1.58 bits per heavy atom. The number of fused-ring (bicyclic) bond motifs is 2. The number of aliphatic hydroxyl groups excluding tert-OH is 4. The summed E-state index contributed by atoms with van der Waals surface area (Å²) in [5.74, 6) is -1.58. The highest BCUT2D eigenvalue weighted by Crippen LogP contribution is 2.68. The third-order valence-corrected chi connectivity index (χ3v) is 8.74. The minimum absolute atomic E-state index is 0.0602. The Bertz CT molecular complexity index is 644. The van der Waals surface area contributed by atoms with Gasteiger partial charge >= 0.3 is 0 Å². The molecule has 4 rings (SSSR count). The minimum atomic E-state index is -1.60. The van der Waals surface area contributed by atoms with Crippen molar-refractivity contribution in [3.63, 3.8) is 0 Å². The number of aliphatic hydroxyl groups is 6. The van der Waals surface area contributed by atoms with Gasteiger partial charge in [-0.15, -0.1) is 0 Å². The molecule has 2 bridgehead atoms. The zero-order valence-electron chi connectivity index (χ0n) is 15.8. The predicted octanol–water partition coefficient (Wildman–Crippen LogP) is -0.0557. The van der Waals surface area contributed by atoms with Crippen molar-refractivity contribution in [1.29, 1.82) is 0 Å². The Morgan fingerprint density at radius 3 is 2.19 bits per heavy atom. The van der Waals surface area contributed by atoms with Crippen molar-refractivity contribution in [3.05, 3.63) is 12.2 Å². The summed E-state index contributed by atoms with van der Waals surface area (Å²) in [7, 11) is 0. The van der Waals surface area contributed by atoms with Crippen LogP contribution in [0.3, 0.4) is 0 Å². The topological polar surface area (TPSA) is 121 Å². The summed E-state index contributed by atoms with van der Waals surface area (Å²) in [6.07, 6.45) is -2.87. The first-order chi connectivity index (χ1) is 11.8. The minimum Gasteiger partial charge on any atom is -0.392 e. The lowest BCUT2D eigenvalue weighted by atomic mass is 9.60. The first-order valence-corrected chi connectivity index (χ1v) is 9.66. The molecule has 148 valence electrons. The zero-order chi connectivity index (χ0) is 19.4. The van der Waals surface area contributed by atoms with Gasteiger partial charge in [-0.25, -0.2) is 0 Å². The van der Waals surface area contributed by atoms with Gasteiger partial charge in [0.25, 0.3) is 0 Å². The van der Waals surface area contributed by atoms with E-state index in [1.165, 1.54) is 0 Å². The monoisotopic (exact) mass is 368 g/mol. The molecule has 4 aliphatic rings. The molecule has 6 nitrogen and oxygen atoms in total. The molecule has 4 saturated carbocycles. The summed E-state index contributed by atoms with van der Waals surface area (Å²) in [4.78, 5) is 0. The molecule has 0 saturated heterocycles. The molecule has 0 aromatic carbocycles. The smallest absolute Gasteiger partial charge is 0.105 e. The second-order valence-corrected chi connectivity index (χ2v) is 10.2. The molecule has 4 aliphatic carbocycles. The Labute approximate surface area is 154 Å². The van der Waals surface area contributed by atoms with Crippen molar-refractivity contribution < 1.29 is 30.6 Å². The lowest BCUT2D eigenvalue weighted by Gasteiger charge is -2.48. The molecular weight excluding hydrogens is 336 g/mol. The van der Waals surface area contributed by atoms with Crippen LogP contribution in [0.25, 0.3) is 0 Å². The average molecular weight is 368 g/mol. The van der Waals surface area contributed by atoms with Gasteiger partial charge in [-0.3, -0.25) is 0 Å². The first-order valence-electron chi connectivity index (χ1n) is 9.66.